The number of ketones is 1. The molecule has 1 aliphatic heterocycles. The normalized spacial score (nSPS) is 17.3. The molecule has 0 bridgehead atoms. The van der Waals surface area contributed by atoms with Crippen LogP contribution in [0.1, 0.15) is 6.42 Å². The third kappa shape index (κ3) is 1.13. The Bertz CT molecular complexity index is 201. The van der Waals surface area contributed by atoms with Gasteiger partial charge in [-0.2, -0.15) is 0 Å². The lowest BCUT2D eigenvalue weighted by Gasteiger charge is -1.98. The summed E-state index contributed by atoms with van der Waals surface area (Å²) < 4.78 is 0. The van der Waals surface area contributed by atoms with Crippen LogP contribution < -0.4 is 0 Å². The molecule has 0 saturated carbocycles. The van der Waals surface area contributed by atoms with E-state index in [0.717, 1.165) is 0 Å². The fraction of sp³-hybridized carbons (Fsp3) is 0.143. The highest BCUT2D eigenvalue weighted by atomic mass is 16.1. The molecule has 1 rings (SSSR count). The first-order chi connectivity index (χ1) is 4.34. The van der Waals surface area contributed by atoms with E-state index in [-0.39, 0.29) is 5.78 Å². The van der Waals surface area contributed by atoms with Crippen LogP contribution in [0, 0.1) is 0 Å². The molecule has 9 heavy (non-hydrogen) atoms. The van der Waals surface area contributed by atoms with Crippen LogP contribution in [0.2, 0.25) is 0 Å². The lowest BCUT2D eigenvalue weighted by molar-refractivity contribution is -0.112. The van der Waals surface area contributed by atoms with Gasteiger partial charge in [0.15, 0.2) is 5.78 Å². The van der Waals surface area contributed by atoms with Crippen LogP contribution in [-0.4, -0.2) is 11.5 Å². The Morgan fingerprint density at radius 2 is 2.56 bits per heavy atom. The summed E-state index contributed by atoms with van der Waals surface area (Å²) in [6.07, 6.45) is 5.30. The van der Waals surface area contributed by atoms with Gasteiger partial charge in [-0.3, -0.25) is 9.79 Å². The van der Waals surface area contributed by atoms with Crippen LogP contribution in [-0.2, 0) is 4.79 Å². The minimum absolute atomic E-state index is 0.0486. The number of Topliss-reactive ketones (excluding diaryl/α,β-unsaturated/α-hetero) is 1. The number of nitrogens with zero attached hydrogens (tertiary/aromatic N) is 1. The van der Waals surface area contributed by atoms with Gasteiger partial charge in [-0.15, -0.1) is 0 Å². The maximum absolute atomic E-state index is 10.8. The topological polar surface area (TPSA) is 29.4 Å². The van der Waals surface area contributed by atoms with E-state index in [9.17, 15) is 4.79 Å². The van der Waals surface area contributed by atoms with E-state index < -0.39 is 0 Å². The zero-order valence-corrected chi connectivity index (χ0v) is 5.00. The number of carbonyl (C=O) groups excluding carboxylic acids is 1. The van der Waals surface area contributed by atoms with Gasteiger partial charge in [0.1, 0.15) is 5.71 Å². The number of rotatable bonds is 1. The second-order valence-electron chi connectivity index (χ2n) is 1.73. The first-order valence-corrected chi connectivity index (χ1v) is 2.73. The Morgan fingerprint density at radius 1 is 1.78 bits per heavy atom. The molecular formula is C7H7NO. The summed E-state index contributed by atoms with van der Waals surface area (Å²) in [4.78, 5) is 14.6. The standard InChI is InChI=1S/C7H7NO/c1-2-6-7(9)4-3-5-8-6/h2-3,5H,1,4H2. The highest BCUT2D eigenvalue weighted by Gasteiger charge is 2.06. The maximum atomic E-state index is 10.8. The van der Waals surface area contributed by atoms with Crippen molar-refractivity contribution >= 4 is 11.5 Å². The molecule has 0 saturated heterocycles. The first-order valence-electron chi connectivity index (χ1n) is 2.73. The minimum Gasteiger partial charge on any atom is -0.292 e. The summed E-state index contributed by atoms with van der Waals surface area (Å²) in [6, 6.07) is 0. The zero-order chi connectivity index (χ0) is 6.69. The number of hydrogen-bond acceptors (Lipinski definition) is 2. The number of carbonyl (C=O) groups is 1. The number of allylic oxidation sites excluding steroid dienone is 2. The average Bonchev–Trinajstić information content (AvgIpc) is 1.89. The van der Waals surface area contributed by atoms with E-state index in [4.69, 9.17) is 0 Å². The van der Waals surface area contributed by atoms with Gasteiger partial charge >= 0.3 is 0 Å². The molecule has 0 spiro atoms. The number of hydrogen-bond donors (Lipinski definition) is 0. The average molecular weight is 121 g/mol. The van der Waals surface area contributed by atoms with Gasteiger partial charge in [0, 0.05) is 12.6 Å². The van der Waals surface area contributed by atoms with Crippen LogP contribution in [0.4, 0.5) is 0 Å². The van der Waals surface area contributed by atoms with Crippen molar-refractivity contribution in [3.63, 3.8) is 0 Å². The summed E-state index contributed by atoms with van der Waals surface area (Å²) in [7, 11) is 0. The Morgan fingerprint density at radius 3 is 3.00 bits per heavy atom. The van der Waals surface area contributed by atoms with Gasteiger partial charge in [0.2, 0.25) is 0 Å². The molecule has 2 nitrogen and oxygen atoms in total. The molecule has 0 aromatic rings. The fourth-order valence-corrected chi connectivity index (χ4v) is 0.636. The SMILES string of the molecule is C=CC1=NC=CCC1=O. The lowest BCUT2D eigenvalue weighted by Crippen LogP contribution is -2.11. The molecule has 0 atom stereocenters. The van der Waals surface area contributed by atoms with E-state index in [0.29, 0.717) is 12.1 Å². The number of aliphatic imine (C=N–C) groups is 1. The summed E-state index contributed by atoms with van der Waals surface area (Å²) in [5, 5.41) is 0. The van der Waals surface area contributed by atoms with Gasteiger partial charge in [-0.05, 0) is 6.08 Å². The van der Waals surface area contributed by atoms with Crippen molar-refractivity contribution in [3.05, 3.63) is 24.9 Å². The Kier molecular flexibility index (Phi) is 1.58. The molecule has 46 valence electrons. The van der Waals surface area contributed by atoms with E-state index >= 15 is 0 Å². The van der Waals surface area contributed by atoms with Crippen LogP contribution in [0.15, 0.2) is 29.9 Å². The third-order valence-corrected chi connectivity index (χ3v) is 1.10. The van der Waals surface area contributed by atoms with Crippen LogP contribution in [0.3, 0.4) is 0 Å². The highest BCUT2D eigenvalue weighted by molar-refractivity contribution is 6.44. The Hall–Kier alpha value is -1.18. The van der Waals surface area contributed by atoms with E-state index in [1.54, 1.807) is 12.3 Å². The van der Waals surface area contributed by atoms with Crippen molar-refractivity contribution in [1.29, 1.82) is 0 Å². The summed E-state index contributed by atoms with van der Waals surface area (Å²) in [5.41, 5.74) is 0.470. The molecule has 0 aromatic heterocycles. The zero-order valence-electron chi connectivity index (χ0n) is 5.00. The van der Waals surface area contributed by atoms with Crippen molar-refractivity contribution in [2.24, 2.45) is 4.99 Å². The van der Waals surface area contributed by atoms with Gasteiger partial charge < -0.3 is 0 Å². The fourth-order valence-electron chi connectivity index (χ4n) is 0.636. The molecule has 0 aromatic carbocycles. The van der Waals surface area contributed by atoms with Crippen molar-refractivity contribution < 1.29 is 4.79 Å². The van der Waals surface area contributed by atoms with E-state index in [1.165, 1.54) is 6.08 Å². The molecule has 1 heterocycles. The Balaban J connectivity index is 2.86. The molecule has 0 amide bonds. The second-order valence-corrected chi connectivity index (χ2v) is 1.73. The van der Waals surface area contributed by atoms with Crippen molar-refractivity contribution in [2.75, 3.05) is 0 Å². The molecule has 0 fully saturated rings. The smallest absolute Gasteiger partial charge is 0.184 e. The molecule has 1 aliphatic rings. The third-order valence-electron chi connectivity index (χ3n) is 1.10. The van der Waals surface area contributed by atoms with Gasteiger partial charge in [0.05, 0.1) is 0 Å². The van der Waals surface area contributed by atoms with Crippen molar-refractivity contribution in [1.82, 2.24) is 0 Å². The second kappa shape index (κ2) is 2.40. The van der Waals surface area contributed by atoms with Gasteiger partial charge in [-0.25, -0.2) is 0 Å². The lowest BCUT2D eigenvalue weighted by atomic mass is 10.1. The summed E-state index contributed by atoms with van der Waals surface area (Å²) in [6.45, 7) is 3.45. The summed E-state index contributed by atoms with van der Waals surface area (Å²) >= 11 is 0. The minimum atomic E-state index is 0.0486. The van der Waals surface area contributed by atoms with Crippen LogP contribution >= 0.6 is 0 Å². The molecule has 0 aliphatic carbocycles. The van der Waals surface area contributed by atoms with Gasteiger partial charge in [0.25, 0.3) is 0 Å². The maximum Gasteiger partial charge on any atom is 0.184 e. The van der Waals surface area contributed by atoms with Crippen LogP contribution in [0.5, 0.6) is 0 Å². The highest BCUT2D eigenvalue weighted by Crippen LogP contribution is 1.98. The quantitative estimate of drug-likeness (QED) is 0.510. The predicted molar refractivity (Wildman–Crippen MR) is 36.4 cm³/mol. The Labute approximate surface area is 53.6 Å². The van der Waals surface area contributed by atoms with Crippen molar-refractivity contribution in [2.45, 2.75) is 6.42 Å². The molecule has 2 heteroatoms. The van der Waals surface area contributed by atoms with Gasteiger partial charge in [-0.1, -0.05) is 12.7 Å². The molecule has 0 radical (unpaired) electrons. The van der Waals surface area contributed by atoms with E-state index in [2.05, 4.69) is 11.6 Å². The monoisotopic (exact) mass is 121 g/mol. The predicted octanol–water partition coefficient (Wildman–Crippen LogP) is 1.10. The molecular weight excluding hydrogens is 114 g/mol. The van der Waals surface area contributed by atoms with E-state index in [1.807, 2.05) is 0 Å². The summed E-state index contributed by atoms with van der Waals surface area (Å²) in [5.74, 6) is 0.0486. The molecule has 0 unspecified atom stereocenters. The molecule has 0 N–H and O–H groups in total. The largest absolute Gasteiger partial charge is 0.292 e. The van der Waals surface area contributed by atoms with Crippen LogP contribution in [0.25, 0.3) is 0 Å². The first kappa shape index (κ1) is 5.95. The van der Waals surface area contributed by atoms with Crippen molar-refractivity contribution in [3.8, 4) is 0 Å².